The van der Waals surface area contributed by atoms with Gasteiger partial charge in [-0.05, 0) is 102 Å². The number of aromatic nitrogens is 2. The first-order valence-corrected chi connectivity index (χ1v) is 17.9. The summed E-state index contributed by atoms with van der Waals surface area (Å²) < 4.78 is 6.73. The van der Waals surface area contributed by atoms with Crippen molar-refractivity contribution in [1.82, 2.24) is 9.97 Å². The van der Waals surface area contributed by atoms with Gasteiger partial charge in [-0.1, -0.05) is 152 Å². The van der Waals surface area contributed by atoms with Crippen LogP contribution in [0, 0.1) is 0 Å². The van der Waals surface area contributed by atoms with Gasteiger partial charge in [0, 0.05) is 23.5 Å². The summed E-state index contributed by atoms with van der Waals surface area (Å²) in [5, 5.41) is 4.86. The van der Waals surface area contributed by atoms with Gasteiger partial charge in [0.1, 0.15) is 5.52 Å². The Kier molecular flexibility index (Phi) is 7.47. The number of pyridine rings is 1. The zero-order valence-electron chi connectivity index (χ0n) is 28.8. The van der Waals surface area contributed by atoms with Gasteiger partial charge in [0.25, 0.3) is 0 Å². The molecule has 0 N–H and O–H groups in total. The summed E-state index contributed by atoms with van der Waals surface area (Å²) in [6, 6.07) is 64.4. The molecule has 0 bridgehead atoms. The van der Waals surface area contributed by atoms with Crippen LogP contribution in [0.2, 0.25) is 0 Å². The van der Waals surface area contributed by atoms with Crippen LogP contribution < -0.4 is 0 Å². The number of nitrogens with zero attached hydrogens (tertiary/aromatic N) is 2. The SMILES string of the molecule is c1cncc(-c2ccc(-c3nc4c(-c5ccccc5-c5cccc6ccccc56)cc(-c5ccccc5-c5cccc6ccccc56)cc4o3)cc2)c1. The van der Waals surface area contributed by atoms with E-state index in [4.69, 9.17) is 9.40 Å². The molecule has 10 aromatic rings. The molecule has 0 saturated carbocycles. The van der Waals surface area contributed by atoms with Crippen molar-refractivity contribution in [1.29, 1.82) is 0 Å². The van der Waals surface area contributed by atoms with Gasteiger partial charge in [-0.25, -0.2) is 4.98 Å². The van der Waals surface area contributed by atoms with E-state index in [2.05, 4.69) is 181 Å². The molecule has 0 fully saturated rings. The first kappa shape index (κ1) is 30.7. The van der Waals surface area contributed by atoms with E-state index in [0.717, 1.165) is 55.6 Å². The van der Waals surface area contributed by atoms with Crippen LogP contribution in [0.5, 0.6) is 0 Å². The largest absolute Gasteiger partial charge is 0.436 e. The topological polar surface area (TPSA) is 38.9 Å². The van der Waals surface area contributed by atoms with E-state index in [0.29, 0.717) is 5.89 Å². The Balaban J connectivity index is 1.20. The minimum atomic E-state index is 0.584. The second-order valence-corrected chi connectivity index (χ2v) is 13.4. The lowest BCUT2D eigenvalue weighted by Gasteiger charge is -2.16. The van der Waals surface area contributed by atoms with Crippen molar-refractivity contribution in [2.75, 3.05) is 0 Å². The monoisotopic (exact) mass is 676 g/mol. The predicted molar refractivity (Wildman–Crippen MR) is 219 cm³/mol. The molecule has 3 heteroatoms. The number of oxazole rings is 1. The summed E-state index contributed by atoms with van der Waals surface area (Å²) in [7, 11) is 0. The molecule has 3 nitrogen and oxygen atoms in total. The molecule has 2 heterocycles. The molecule has 0 spiro atoms. The van der Waals surface area contributed by atoms with Gasteiger partial charge in [-0.2, -0.15) is 0 Å². The zero-order chi connectivity index (χ0) is 35.1. The minimum absolute atomic E-state index is 0.584. The molecule has 0 unspecified atom stereocenters. The highest BCUT2D eigenvalue weighted by atomic mass is 16.3. The van der Waals surface area contributed by atoms with E-state index in [1.165, 1.54) is 38.2 Å². The summed E-state index contributed by atoms with van der Waals surface area (Å²) >= 11 is 0. The highest BCUT2D eigenvalue weighted by molar-refractivity contribution is 6.06. The van der Waals surface area contributed by atoms with Crippen molar-refractivity contribution in [2.24, 2.45) is 0 Å². The third kappa shape index (κ3) is 5.47. The van der Waals surface area contributed by atoms with Crippen molar-refractivity contribution in [3.63, 3.8) is 0 Å². The van der Waals surface area contributed by atoms with Gasteiger partial charge in [0.2, 0.25) is 5.89 Å². The van der Waals surface area contributed by atoms with E-state index < -0.39 is 0 Å². The molecule has 0 saturated heterocycles. The first-order chi connectivity index (χ1) is 26.3. The van der Waals surface area contributed by atoms with E-state index >= 15 is 0 Å². The Morgan fingerprint density at radius 3 is 1.53 bits per heavy atom. The molecule has 0 radical (unpaired) electrons. The summed E-state index contributed by atoms with van der Waals surface area (Å²) in [5.74, 6) is 0.584. The summed E-state index contributed by atoms with van der Waals surface area (Å²) in [4.78, 5) is 9.53. The zero-order valence-corrected chi connectivity index (χ0v) is 28.8. The van der Waals surface area contributed by atoms with Gasteiger partial charge in [0.15, 0.2) is 5.58 Å². The number of fused-ring (bicyclic) bond motifs is 3. The lowest BCUT2D eigenvalue weighted by molar-refractivity contribution is 0.620. The van der Waals surface area contributed by atoms with Crippen molar-refractivity contribution >= 4 is 32.6 Å². The van der Waals surface area contributed by atoms with Gasteiger partial charge in [-0.3, -0.25) is 4.98 Å². The number of hydrogen-bond acceptors (Lipinski definition) is 3. The molecule has 0 aliphatic heterocycles. The summed E-state index contributed by atoms with van der Waals surface area (Å²) in [6.45, 7) is 0. The Morgan fingerprint density at radius 2 is 0.887 bits per heavy atom. The number of benzene rings is 8. The standard InChI is InChI=1S/C50H32N2O/c1-3-17-39-34(12-1)14-9-23-43(39)42-20-6-5-19-41(42)38-30-47(46-22-8-7-21-45(46)44-24-10-15-35-13-2-4-18-40(35)44)49-48(31-38)53-50(52-49)36-27-25-33(26-28-36)37-16-11-29-51-32-37/h1-32H. The Bertz CT molecular complexity index is 2930. The highest BCUT2D eigenvalue weighted by Gasteiger charge is 2.20. The molecule has 0 amide bonds. The maximum absolute atomic E-state index is 6.73. The van der Waals surface area contributed by atoms with Gasteiger partial charge >= 0.3 is 0 Å². The maximum atomic E-state index is 6.73. The average Bonchev–Trinajstić information content (AvgIpc) is 3.68. The summed E-state index contributed by atoms with van der Waals surface area (Å²) in [5.41, 5.74) is 13.7. The van der Waals surface area contributed by atoms with Gasteiger partial charge in [-0.15, -0.1) is 0 Å². The molecule has 2 aromatic heterocycles. The molecule has 8 aromatic carbocycles. The predicted octanol–water partition coefficient (Wildman–Crippen LogP) is 13.5. The maximum Gasteiger partial charge on any atom is 0.227 e. The van der Waals surface area contributed by atoms with Crippen LogP contribution in [-0.4, -0.2) is 9.97 Å². The molecule has 10 rings (SSSR count). The highest BCUT2D eigenvalue weighted by Crippen LogP contribution is 2.44. The smallest absolute Gasteiger partial charge is 0.227 e. The Hall–Kier alpha value is -7.10. The van der Waals surface area contributed by atoms with Gasteiger partial charge in [0.05, 0.1) is 0 Å². The van der Waals surface area contributed by atoms with Crippen molar-refractivity contribution in [3.05, 3.63) is 194 Å². The van der Waals surface area contributed by atoms with Crippen LogP contribution in [0.15, 0.2) is 199 Å². The lowest BCUT2D eigenvalue weighted by atomic mass is 9.87. The normalized spacial score (nSPS) is 11.4. The van der Waals surface area contributed by atoms with Crippen molar-refractivity contribution in [2.45, 2.75) is 0 Å². The molecule has 53 heavy (non-hydrogen) atoms. The minimum Gasteiger partial charge on any atom is -0.436 e. The first-order valence-electron chi connectivity index (χ1n) is 17.9. The molecule has 0 atom stereocenters. The number of hydrogen-bond donors (Lipinski definition) is 0. The third-order valence-electron chi connectivity index (χ3n) is 10.2. The van der Waals surface area contributed by atoms with Crippen LogP contribution in [0.4, 0.5) is 0 Å². The lowest BCUT2D eigenvalue weighted by Crippen LogP contribution is -1.91. The van der Waals surface area contributed by atoms with Crippen LogP contribution in [0.25, 0.3) is 99.7 Å². The third-order valence-corrected chi connectivity index (χ3v) is 10.2. The Morgan fingerprint density at radius 1 is 0.358 bits per heavy atom. The second kappa shape index (κ2) is 12.9. The fourth-order valence-electron chi connectivity index (χ4n) is 7.70. The summed E-state index contributed by atoms with van der Waals surface area (Å²) in [6.07, 6.45) is 3.67. The second-order valence-electron chi connectivity index (χ2n) is 13.4. The molecule has 0 aliphatic rings. The molecule has 248 valence electrons. The van der Waals surface area contributed by atoms with E-state index in [9.17, 15) is 0 Å². The van der Waals surface area contributed by atoms with E-state index in [-0.39, 0.29) is 0 Å². The van der Waals surface area contributed by atoms with Crippen LogP contribution in [0.3, 0.4) is 0 Å². The molecule has 0 aliphatic carbocycles. The van der Waals surface area contributed by atoms with Crippen molar-refractivity contribution < 1.29 is 4.42 Å². The van der Waals surface area contributed by atoms with E-state index in [1.807, 2.05) is 12.3 Å². The average molecular weight is 677 g/mol. The number of rotatable bonds is 6. The fourth-order valence-corrected chi connectivity index (χ4v) is 7.70. The quantitative estimate of drug-likeness (QED) is 0.176. The van der Waals surface area contributed by atoms with Crippen molar-refractivity contribution in [3.8, 4) is 67.1 Å². The van der Waals surface area contributed by atoms with E-state index in [1.54, 1.807) is 6.20 Å². The van der Waals surface area contributed by atoms with Crippen LogP contribution >= 0.6 is 0 Å². The molecular weight excluding hydrogens is 645 g/mol. The van der Waals surface area contributed by atoms with Crippen LogP contribution in [0.1, 0.15) is 0 Å². The molecular formula is C50H32N2O. The van der Waals surface area contributed by atoms with Crippen LogP contribution in [-0.2, 0) is 0 Å². The Labute approximate surface area is 307 Å². The fraction of sp³-hybridized carbons (Fsp3) is 0. The van der Waals surface area contributed by atoms with Gasteiger partial charge < -0.3 is 4.42 Å².